The summed E-state index contributed by atoms with van der Waals surface area (Å²) in [6, 6.07) is 0. The second kappa shape index (κ2) is 5.46. The van der Waals surface area contributed by atoms with Gasteiger partial charge < -0.3 is 26.9 Å². The molecule has 0 amide bonds. The maximum absolute atomic E-state index is 8.79. The van der Waals surface area contributed by atoms with E-state index in [2.05, 4.69) is 20.6 Å². The lowest BCUT2D eigenvalue weighted by molar-refractivity contribution is 0.311. The molecule has 0 aliphatic carbocycles. The van der Waals surface area contributed by atoms with Crippen molar-refractivity contribution in [1.29, 1.82) is 5.41 Å². The van der Waals surface area contributed by atoms with Gasteiger partial charge in [-0.25, -0.2) is 4.98 Å². The number of hydrogen-bond donors (Lipinski definition) is 5. The van der Waals surface area contributed by atoms with E-state index in [4.69, 9.17) is 16.2 Å². The molecular formula is C11H16N6O. The third-order valence-corrected chi connectivity index (χ3v) is 2.68. The van der Waals surface area contributed by atoms with Gasteiger partial charge in [0.2, 0.25) is 5.95 Å². The predicted molar refractivity (Wildman–Crippen MR) is 70.7 cm³/mol. The van der Waals surface area contributed by atoms with Crippen molar-refractivity contribution in [3.63, 3.8) is 0 Å². The van der Waals surface area contributed by atoms with Crippen LogP contribution in [0.1, 0.15) is 11.3 Å². The first-order valence-electron chi connectivity index (χ1n) is 5.72. The van der Waals surface area contributed by atoms with Crippen LogP contribution < -0.4 is 16.4 Å². The Labute approximate surface area is 105 Å². The normalized spacial score (nSPS) is 13.9. The average molecular weight is 248 g/mol. The van der Waals surface area contributed by atoms with Gasteiger partial charge in [0, 0.05) is 36.6 Å². The van der Waals surface area contributed by atoms with Crippen LogP contribution in [0.5, 0.6) is 0 Å². The number of rotatable bonds is 5. The summed E-state index contributed by atoms with van der Waals surface area (Å²) in [5, 5.41) is 22.2. The van der Waals surface area contributed by atoms with Crippen molar-refractivity contribution in [1.82, 2.24) is 9.97 Å². The molecule has 0 atom stereocenters. The second-order valence-electron chi connectivity index (χ2n) is 3.82. The average Bonchev–Trinajstić information content (AvgIpc) is 2.86. The number of nitrogens with one attached hydrogen (secondary N) is 3. The predicted octanol–water partition coefficient (Wildman–Crippen LogP) is -0.202. The Bertz CT molecular complexity index is 485. The fraction of sp³-hybridized carbons (Fsp3) is 0.364. The van der Waals surface area contributed by atoms with Gasteiger partial charge in [0.15, 0.2) is 0 Å². The van der Waals surface area contributed by atoms with E-state index in [1.165, 1.54) is 12.4 Å². The van der Waals surface area contributed by atoms with Crippen molar-refractivity contribution < 1.29 is 5.11 Å². The molecule has 7 nitrogen and oxygen atoms in total. The minimum atomic E-state index is 0.00730. The third-order valence-electron chi connectivity index (χ3n) is 2.68. The van der Waals surface area contributed by atoms with Gasteiger partial charge in [0.05, 0.1) is 12.3 Å². The summed E-state index contributed by atoms with van der Waals surface area (Å²) in [5.74, 6) is 1.19. The highest BCUT2D eigenvalue weighted by atomic mass is 16.3. The van der Waals surface area contributed by atoms with Crippen molar-refractivity contribution in [3.8, 4) is 0 Å². The van der Waals surface area contributed by atoms with E-state index in [0.29, 0.717) is 23.8 Å². The van der Waals surface area contributed by atoms with Crippen molar-refractivity contribution >= 4 is 23.6 Å². The smallest absolute Gasteiger partial charge is 0.225 e. The minimum Gasteiger partial charge on any atom is -0.404 e. The Morgan fingerprint density at radius 1 is 1.56 bits per heavy atom. The van der Waals surface area contributed by atoms with Crippen molar-refractivity contribution in [3.05, 3.63) is 17.5 Å². The first kappa shape index (κ1) is 12.3. The Morgan fingerprint density at radius 3 is 3.06 bits per heavy atom. The number of anilines is 2. The first-order valence-corrected chi connectivity index (χ1v) is 5.72. The summed E-state index contributed by atoms with van der Waals surface area (Å²) < 4.78 is 0. The largest absolute Gasteiger partial charge is 0.404 e. The van der Waals surface area contributed by atoms with Crippen molar-refractivity contribution in [2.75, 3.05) is 30.3 Å². The molecule has 1 aliphatic heterocycles. The van der Waals surface area contributed by atoms with E-state index in [9.17, 15) is 0 Å². The molecule has 6 N–H and O–H groups in total. The molecule has 0 fully saturated rings. The van der Waals surface area contributed by atoms with Gasteiger partial charge in [-0.15, -0.1) is 0 Å². The molecule has 0 unspecified atom stereocenters. The number of nitrogens with zero attached hydrogens (tertiary/aromatic N) is 2. The van der Waals surface area contributed by atoms with E-state index >= 15 is 0 Å². The summed E-state index contributed by atoms with van der Waals surface area (Å²) in [4.78, 5) is 8.67. The fourth-order valence-corrected chi connectivity index (χ4v) is 1.85. The quantitative estimate of drug-likeness (QED) is 0.460. The van der Waals surface area contributed by atoms with E-state index in [0.717, 1.165) is 24.3 Å². The van der Waals surface area contributed by atoms with Gasteiger partial charge in [-0.1, -0.05) is 0 Å². The zero-order valence-corrected chi connectivity index (χ0v) is 9.90. The van der Waals surface area contributed by atoms with Gasteiger partial charge in [0.1, 0.15) is 5.82 Å². The zero-order valence-electron chi connectivity index (χ0n) is 9.90. The molecule has 7 heteroatoms. The van der Waals surface area contributed by atoms with Gasteiger partial charge in [-0.3, -0.25) is 0 Å². The van der Waals surface area contributed by atoms with Crippen LogP contribution in [-0.4, -0.2) is 41.0 Å². The molecule has 18 heavy (non-hydrogen) atoms. The lowest BCUT2D eigenvalue weighted by atomic mass is 10.1. The highest BCUT2D eigenvalue weighted by Crippen LogP contribution is 2.27. The molecule has 0 bridgehead atoms. The van der Waals surface area contributed by atoms with Crippen molar-refractivity contribution in [2.45, 2.75) is 6.42 Å². The van der Waals surface area contributed by atoms with Gasteiger partial charge in [-0.2, -0.15) is 4.98 Å². The number of nitrogens with two attached hydrogens (primary N) is 1. The molecule has 1 aliphatic rings. The van der Waals surface area contributed by atoms with Crippen LogP contribution in [0, 0.1) is 5.41 Å². The maximum atomic E-state index is 8.79. The number of aromatic nitrogens is 2. The zero-order chi connectivity index (χ0) is 13.0. The monoisotopic (exact) mass is 248 g/mol. The number of hydrogen-bond acceptors (Lipinski definition) is 7. The molecule has 1 aromatic heterocycles. The van der Waals surface area contributed by atoms with E-state index < -0.39 is 0 Å². The topological polar surface area (TPSA) is 120 Å². The van der Waals surface area contributed by atoms with Crippen LogP contribution in [-0.2, 0) is 6.42 Å². The number of allylic oxidation sites excluding steroid dienone is 1. The van der Waals surface area contributed by atoms with Crippen LogP contribution >= 0.6 is 0 Å². The molecule has 0 saturated carbocycles. The molecule has 0 saturated heterocycles. The van der Waals surface area contributed by atoms with Crippen molar-refractivity contribution in [2.24, 2.45) is 5.73 Å². The molecule has 0 radical (unpaired) electrons. The van der Waals surface area contributed by atoms with E-state index in [1.807, 2.05) is 0 Å². The standard InChI is InChI=1S/C11H16N6O/c12-5-7(6-13)9-8-1-2-14-10(8)17-11(16-9)15-3-4-18/h5-6,12,18H,1-4,13H2,(H2,14,15,16,17). The fourth-order valence-electron chi connectivity index (χ4n) is 1.85. The summed E-state index contributed by atoms with van der Waals surface area (Å²) >= 11 is 0. The summed E-state index contributed by atoms with van der Waals surface area (Å²) in [5.41, 5.74) is 7.71. The molecule has 2 rings (SSSR count). The number of aliphatic hydroxyl groups is 1. The van der Waals surface area contributed by atoms with E-state index in [1.54, 1.807) is 0 Å². The van der Waals surface area contributed by atoms with Crippen LogP contribution in [0.2, 0.25) is 0 Å². The van der Waals surface area contributed by atoms with E-state index in [-0.39, 0.29) is 6.61 Å². The Hall–Kier alpha value is -2.15. The minimum absolute atomic E-state index is 0.00730. The number of fused-ring (bicyclic) bond motifs is 1. The van der Waals surface area contributed by atoms with Crippen LogP contribution in [0.4, 0.5) is 11.8 Å². The highest BCUT2D eigenvalue weighted by molar-refractivity contribution is 6.08. The molecule has 0 spiro atoms. The summed E-state index contributed by atoms with van der Waals surface area (Å²) in [7, 11) is 0. The SMILES string of the molecule is N=CC(=CN)c1nc(NCCO)nc2c1CCN2. The van der Waals surface area contributed by atoms with Gasteiger partial charge in [0.25, 0.3) is 0 Å². The highest BCUT2D eigenvalue weighted by Gasteiger charge is 2.20. The van der Waals surface area contributed by atoms with Gasteiger partial charge >= 0.3 is 0 Å². The van der Waals surface area contributed by atoms with Crippen LogP contribution in [0.15, 0.2) is 6.20 Å². The molecule has 1 aromatic rings. The molecule has 0 aromatic carbocycles. The lowest BCUT2D eigenvalue weighted by Crippen LogP contribution is -2.11. The molecule has 2 heterocycles. The van der Waals surface area contributed by atoms with Crippen LogP contribution in [0.25, 0.3) is 5.57 Å². The lowest BCUT2D eigenvalue weighted by Gasteiger charge is -2.10. The van der Waals surface area contributed by atoms with Crippen LogP contribution in [0.3, 0.4) is 0 Å². The third kappa shape index (κ3) is 2.25. The summed E-state index contributed by atoms with van der Waals surface area (Å²) in [6.07, 6.45) is 3.36. The number of aliphatic hydroxyl groups excluding tert-OH is 1. The Balaban J connectivity index is 2.43. The Kier molecular flexibility index (Phi) is 3.73. The molecular weight excluding hydrogens is 232 g/mol. The summed E-state index contributed by atoms with van der Waals surface area (Å²) in [6.45, 7) is 1.19. The Morgan fingerprint density at radius 2 is 2.39 bits per heavy atom. The van der Waals surface area contributed by atoms with Gasteiger partial charge in [-0.05, 0) is 6.42 Å². The second-order valence-corrected chi connectivity index (χ2v) is 3.82. The first-order chi connectivity index (χ1) is 8.80. The maximum Gasteiger partial charge on any atom is 0.225 e. The molecule has 96 valence electrons.